The molecule has 0 fully saturated rings. The Morgan fingerprint density at radius 1 is 1.24 bits per heavy atom. The quantitative estimate of drug-likeness (QED) is 0.276. The Morgan fingerprint density at radius 3 is 2.41 bits per heavy atom. The number of ether oxygens (including phenoxy) is 2. The molecule has 9 nitrogen and oxygen atoms in total. The Kier molecular flexibility index (Phi) is 8.26. The molecule has 2 aromatic carbocycles. The first-order valence-corrected chi connectivity index (χ1v) is 11.9. The molecule has 1 amide bonds. The van der Waals surface area contributed by atoms with E-state index in [-0.39, 0.29) is 17.3 Å². The number of amides is 1. The molecule has 34 heavy (non-hydrogen) atoms. The molecular weight excluding hydrogens is 505 g/mol. The van der Waals surface area contributed by atoms with Crippen molar-refractivity contribution in [1.29, 1.82) is 0 Å². The molecule has 2 atom stereocenters. The molecule has 2 unspecified atom stereocenters. The van der Waals surface area contributed by atoms with Crippen LogP contribution in [0.25, 0.3) is 0 Å². The third-order valence-electron chi connectivity index (χ3n) is 4.32. The largest absolute Gasteiger partial charge is 0.456 e. The van der Waals surface area contributed by atoms with E-state index >= 15 is 0 Å². The highest BCUT2D eigenvalue weighted by molar-refractivity contribution is 7.93. The second-order valence-electron chi connectivity index (χ2n) is 6.91. The Bertz CT molecular complexity index is 1260. The van der Waals surface area contributed by atoms with E-state index < -0.39 is 60.6 Å². The topological polar surface area (TPSA) is 125 Å². The molecule has 0 N–H and O–H groups in total. The number of hydrogen-bond donors (Lipinski definition) is 0. The maximum absolute atomic E-state index is 12.8. The molecule has 0 saturated carbocycles. The summed E-state index contributed by atoms with van der Waals surface area (Å²) in [6.45, 7) is 2.71. The Labute approximate surface area is 197 Å². The van der Waals surface area contributed by atoms with Crippen LogP contribution in [0, 0.1) is 10.1 Å². The van der Waals surface area contributed by atoms with Gasteiger partial charge < -0.3 is 9.47 Å². The van der Waals surface area contributed by atoms with Gasteiger partial charge in [-0.2, -0.15) is 17.5 Å². The average molecular weight is 523 g/mol. The fourth-order valence-electron chi connectivity index (χ4n) is 2.39. The van der Waals surface area contributed by atoms with Gasteiger partial charge in [-0.1, -0.05) is 18.5 Å². The summed E-state index contributed by atoms with van der Waals surface area (Å²) in [5.74, 6) is -2.57. The number of alkyl halides is 3. The minimum atomic E-state index is -4.63. The van der Waals surface area contributed by atoms with Crippen LogP contribution < -0.4 is 4.74 Å². The van der Waals surface area contributed by atoms with E-state index in [0.717, 1.165) is 37.3 Å². The van der Waals surface area contributed by atoms with E-state index in [9.17, 15) is 37.1 Å². The van der Waals surface area contributed by atoms with Crippen LogP contribution in [0.5, 0.6) is 11.5 Å². The minimum absolute atomic E-state index is 0.0801. The molecule has 0 aliphatic carbocycles. The van der Waals surface area contributed by atoms with E-state index in [1.807, 2.05) is 0 Å². The molecule has 2 rings (SSSR count). The number of rotatable bonds is 7. The monoisotopic (exact) mass is 522 g/mol. The van der Waals surface area contributed by atoms with Crippen molar-refractivity contribution >= 4 is 38.9 Å². The lowest BCUT2D eigenvalue weighted by atomic mass is 10.1. The van der Waals surface area contributed by atoms with Crippen LogP contribution in [0.1, 0.15) is 29.8 Å². The summed E-state index contributed by atoms with van der Waals surface area (Å²) in [5.41, 5.74) is -2.29. The van der Waals surface area contributed by atoms with Crippen molar-refractivity contribution < 1.29 is 41.4 Å². The Balaban J connectivity index is 2.34. The van der Waals surface area contributed by atoms with Crippen molar-refractivity contribution in [3.63, 3.8) is 0 Å². The molecule has 0 aliphatic heterocycles. The van der Waals surface area contributed by atoms with Gasteiger partial charge in [0.2, 0.25) is 0 Å². The van der Waals surface area contributed by atoms with E-state index in [1.165, 1.54) is 6.26 Å². The van der Waals surface area contributed by atoms with E-state index in [2.05, 4.69) is 4.36 Å². The number of nitrogens with zero attached hydrogens (tertiary/aromatic N) is 2. The zero-order chi connectivity index (χ0) is 25.8. The zero-order valence-corrected chi connectivity index (χ0v) is 19.5. The van der Waals surface area contributed by atoms with Crippen LogP contribution >= 0.6 is 11.6 Å². The number of hydrogen-bond acceptors (Lipinski definition) is 7. The van der Waals surface area contributed by atoms with Crippen LogP contribution in [0.3, 0.4) is 0 Å². The average Bonchev–Trinajstić information content (AvgIpc) is 2.73. The fourth-order valence-corrected chi connectivity index (χ4v) is 3.27. The van der Waals surface area contributed by atoms with Crippen molar-refractivity contribution in [1.82, 2.24) is 0 Å². The fraction of sp³-hybridized carbons (Fsp3) is 0.300. The summed E-state index contributed by atoms with van der Waals surface area (Å²) in [6.07, 6.45) is -4.87. The highest BCUT2D eigenvalue weighted by Gasteiger charge is 2.31. The molecule has 184 valence electrons. The van der Waals surface area contributed by atoms with Crippen LogP contribution in [-0.4, -0.2) is 39.1 Å². The number of halogens is 4. The third kappa shape index (κ3) is 6.90. The lowest BCUT2D eigenvalue weighted by molar-refractivity contribution is -0.385. The van der Waals surface area contributed by atoms with Crippen molar-refractivity contribution in [2.24, 2.45) is 4.36 Å². The maximum atomic E-state index is 12.8. The number of carbonyl (C=O) groups is 2. The molecular formula is C20H18ClF3N2O7S. The molecule has 0 saturated heterocycles. The number of nitro benzene ring substituents is 1. The lowest BCUT2D eigenvalue weighted by Crippen LogP contribution is -2.24. The Hall–Kier alpha value is -3.19. The van der Waals surface area contributed by atoms with Crippen molar-refractivity contribution in [2.45, 2.75) is 26.1 Å². The van der Waals surface area contributed by atoms with E-state index in [1.54, 1.807) is 6.92 Å². The van der Waals surface area contributed by atoms with Crippen LogP contribution in [0.15, 0.2) is 40.8 Å². The summed E-state index contributed by atoms with van der Waals surface area (Å²) in [5, 5.41) is 10.9. The molecule has 0 bridgehead atoms. The van der Waals surface area contributed by atoms with Crippen molar-refractivity contribution in [2.75, 3.05) is 12.0 Å². The van der Waals surface area contributed by atoms with Gasteiger partial charge in [0.15, 0.2) is 6.10 Å². The van der Waals surface area contributed by atoms with E-state index in [4.69, 9.17) is 21.1 Å². The van der Waals surface area contributed by atoms with Gasteiger partial charge in [0.25, 0.3) is 11.6 Å². The van der Waals surface area contributed by atoms with Crippen molar-refractivity contribution in [3.8, 4) is 11.5 Å². The number of nitro groups is 1. The molecule has 14 heteroatoms. The van der Waals surface area contributed by atoms with Gasteiger partial charge in [-0.05, 0) is 31.2 Å². The summed E-state index contributed by atoms with van der Waals surface area (Å²) in [7, 11) is -2.82. The molecule has 0 aromatic heterocycles. The SMILES string of the molecule is CCS(C)(=O)=NC(=O)C(C)OC(=O)c1cc(Oc2ccc(C(F)(F)F)cc2Cl)ccc1[N+](=O)[O-]. The van der Waals surface area contributed by atoms with Gasteiger partial charge in [0.05, 0.1) is 25.2 Å². The molecule has 0 radical (unpaired) electrons. The first-order chi connectivity index (χ1) is 15.6. The minimum Gasteiger partial charge on any atom is -0.456 e. The molecule has 0 heterocycles. The number of esters is 1. The van der Waals surface area contributed by atoms with Crippen molar-refractivity contribution in [3.05, 3.63) is 62.7 Å². The van der Waals surface area contributed by atoms with Gasteiger partial charge in [0.1, 0.15) is 17.1 Å². The third-order valence-corrected chi connectivity index (χ3v) is 6.25. The Morgan fingerprint density at radius 2 is 1.88 bits per heavy atom. The summed E-state index contributed by atoms with van der Waals surface area (Å²) >= 11 is 5.84. The van der Waals surface area contributed by atoms with Crippen LogP contribution in [-0.2, 0) is 25.4 Å². The summed E-state index contributed by atoms with van der Waals surface area (Å²) in [4.78, 5) is 35.1. The molecule has 0 spiro atoms. The van der Waals surface area contributed by atoms with Gasteiger partial charge >= 0.3 is 12.1 Å². The molecule has 0 aliphatic rings. The van der Waals surface area contributed by atoms with Gasteiger partial charge in [-0.25, -0.2) is 9.00 Å². The highest BCUT2D eigenvalue weighted by Crippen LogP contribution is 2.37. The first-order valence-electron chi connectivity index (χ1n) is 9.42. The second kappa shape index (κ2) is 10.4. The predicted octanol–water partition coefficient (Wildman–Crippen LogP) is 5.25. The summed E-state index contributed by atoms with van der Waals surface area (Å²) < 4.78 is 64.2. The standard InChI is InChI=1S/C20H18ClF3N2O7S/c1-4-34(3,31)25-18(27)11(2)32-19(28)14-10-13(6-7-16(14)26(29)30)33-17-8-5-12(9-15(17)21)20(22,23)24/h5-11H,4H2,1-3H3. The van der Waals surface area contributed by atoms with Crippen LogP contribution in [0.4, 0.5) is 18.9 Å². The number of benzene rings is 2. The smallest absolute Gasteiger partial charge is 0.416 e. The van der Waals surface area contributed by atoms with Gasteiger partial charge in [-0.3, -0.25) is 14.9 Å². The highest BCUT2D eigenvalue weighted by atomic mass is 35.5. The van der Waals surface area contributed by atoms with Gasteiger partial charge in [-0.15, -0.1) is 0 Å². The maximum Gasteiger partial charge on any atom is 0.416 e. The van der Waals surface area contributed by atoms with Gasteiger partial charge in [0, 0.05) is 24.1 Å². The summed E-state index contributed by atoms with van der Waals surface area (Å²) in [6, 6.07) is 5.23. The predicted molar refractivity (Wildman–Crippen MR) is 117 cm³/mol. The second-order valence-corrected chi connectivity index (χ2v) is 9.99. The normalized spacial score (nSPS) is 14.0. The first kappa shape index (κ1) is 27.1. The van der Waals surface area contributed by atoms with Crippen LogP contribution in [0.2, 0.25) is 5.02 Å². The molecule has 2 aromatic rings. The zero-order valence-electron chi connectivity index (χ0n) is 17.9. The van der Waals surface area contributed by atoms with E-state index in [0.29, 0.717) is 6.07 Å². The lowest BCUT2D eigenvalue weighted by Gasteiger charge is -2.13. The number of carbonyl (C=O) groups excluding carboxylic acids is 2.